The van der Waals surface area contributed by atoms with E-state index in [1.54, 1.807) is 60.7 Å². The van der Waals surface area contributed by atoms with Gasteiger partial charge in [-0.25, -0.2) is 4.98 Å². The molecule has 0 aliphatic rings. The zero-order valence-corrected chi connectivity index (χ0v) is 24.1. The van der Waals surface area contributed by atoms with Gasteiger partial charge in [0.1, 0.15) is 11.5 Å². The summed E-state index contributed by atoms with van der Waals surface area (Å²) in [4.78, 5) is 45.0. The molecule has 0 spiro atoms. The molecule has 5 aromatic rings. The van der Waals surface area contributed by atoms with Crippen LogP contribution in [0.2, 0.25) is 0 Å². The molecular weight excluding hydrogens is 569 g/mol. The maximum Gasteiger partial charge on any atom is 0.272 e. The van der Waals surface area contributed by atoms with Gasteiger partial charge in [0.25, 0.3) is 11.8 Å². The van der Waals surface area contributed by atoms with Crippen molar-refractivity contribution in [2.45, 2.75) is 11.8 Å². The van der Waals surface area contributed by atoms with Gasteiger partial charge in [-0.1, -0.05) is 54.6 Å². The lowest BCUT2D eigenvalue weighted by Crippen LogP contribution is -2.30. The van der Waals surface area contributed by atoms with Crippen molar-refractivity contribution >= 4 is 57.7 Å². The molecular formula is C32H26N4O4S2. The minimum Gasteiger partial charge on any atom is -0.465 e. The van der Waals surface area contributed by atoms with Crippen LogP contribution in [0, 0.1) is 6.92 Å². The van der Waals surface area contributed by atoms with Gasteiger partial charge in [-0.15, -0.1) is 23.1 Å². The molecule has 0 unspecified atom stereocenters. The van der Waals surface area contributed by atoms with Gasteiger partial charge in [0.2, 0.25) is 5.91 Å². The Kier molecular flexibility index (Phi) is 9.27. The average Bonchev–Trinajstić information content (AvgIpc) is 3.66. The molecule has 3 N–H and O–H groups in total. The minimum absolute atomic E-state index is 0.0184. The summed E-state index contributed by atoms with van der Waals surface area (Å²) in [6, 6.07) is 28.9. The SMILES string of the molecule is Cc1sc(NC(=O)CSc2cccc(NC(=O)/C(=C/c3ccco3)NC(=O)c3ccccc3)c2)nc1-c1ccccc1. The van der Waals surface area contributed by atoms with Crippen LogP contribution in [0.15, 0.2) is 118 Å². The zero-order valence-electron chi connectivity index (χ0n) is 22.5. The maximum absolute atomic E-state index is 13.2. The van der Waals surface area contributed by atoms with Crippen molar-refractivity contribution in [1.82, 2.24) is 10.3 Å². The van der Waals surface area contributed by atoms with Gasteiger partial charge in [0, 0.05) is 32.7 Å². The molecule has 0 aliphatic carbocycles. The van der Waals surface area contributed by atoms with E-state index in [1.165, 1.54) is 35.4 Å². The highest BCUT2D eigenvalue weighted by molar-refractivity contribution is 8.00. The first-order valence-electron chi connectivity index (χ1n) is 12.9. The number of thiazole rings is 1. The van der Waals surface area contributed by atoms with Crippen molar-refractivity contribution in [3.63, 3.8) is 0 Å². The highest BCUT2D eigenvalue weighted by Crippen LogP contribution is 2.30. The molecule has 210 valence electrons. The fourth-order valence-corrected chi connectivity index (χ4v) is 5.55. The van der Waals surface area contributed by atoms with E-state index >= 15 is 0 Å². The van der Waals surface area contributed by atoms with Crippen LogP contribution in [0.25, 0.3) is 17.3 Å². The Hall–Kier alpha value is -4.93. The summed E-state index contributed by atoms with van der Waals surface area (Å²) in [6.45, 7) is 1.98. The number of anilines is 2. The first kappa shape index (κ1) is 28.6. The Morgan fingerprint density at radius 3 is 2.40 bits per heavy atom. The van der Waals surface area contributed by atoms with Crippen molar-refractivity contribution in [2.75, 3.05) is 16.4 Å². The third kappa shape index (κ3) is 7.62. The second-order valence-corrected chi connectivity index (χ2v) is 11.3. The number of benzene rings is 3. The van der Waals surface area contributed by atoms with Crippen molar-refractivity contribution in [3.05, 3.63) is 125 Å². The van der Waals surface area contributed by atoms with Gasteiger partial charge in [0.05, 0.1) is 17.7 Å². The molecule has 2 aromatic heterocycles. The van der Waals surface area contributed by atoms with Crippen LogP contribution in [-0.4, -0.2) is 28.5 Å². The van der Waals surface area contributed by atoms with Crippen molar-refractivity contribution in [3.8, 4) is 11.3 Å². The maximum atomic E-state index is 13.2. The minimum atomic E-state index is -0.524. The largest absolute Gasteiger partial charge is 0.465 e. The third-order valence-corrected chi connectivity index (χ3v) is 7.79. The van der Waals surface area contributed by atoms with Gasteiger partial charge in [-0.3, -0.25) is 14.4 Å². The van der Waals surface area contributed by atoms with Crippen molar-refractivity contribution in [1.29, 1.82) is 0 Å². The van der Waals surface area contributed by atoms with Crippen LogP contribution in [0.1, 0.15) is 21.0 Å². The number of thioether (sulfide) groups is 1. The summed E-state index contributed by atoms with van der Waals surface area (Å²) in [5.74, 6) is -0.563. The molecule has 0 bridgehead atoms. The fourth-order valence-electron chi connectivity index (χ4n) is 3.94. The second kappa shape index (κ2) is 13.6. The Morgan fingerprint density at radius 2 is 1.67 bits per heavy atom. The Morgan fingerprint density at radius 1 is 0.905 bits per heavy atom. The van der Waals surface area contributed by atoms with Gasteiger partial charge in [0.15, 0.2) is 5.13 Å². The molecule has 5 rings (SSSR count). The number of rotatable bonds is 10. The van der Waals surface area contributed by atoms with Crippen LogP contribution in [-0.2, 0) is 9.59 Å². The van der Waals surface area contributed by atoms with Gasteiger partial charge in [-0.2, -0.15) is 0 Å². The lowest BCUT2D eigenvalue weighted by molar-refractivity contribution is -0.114. The number of carbonyl (C=O) groups excluding carboxylic acids is 3. The van der Waals surface area contributed by atoms with Gasteiger partial charge >= 0.3 is 0 Å². The monoisotopic (exact) mass is 594 g/mol. The lowest BCUT2D eigenvalue weighted by Gasteiger charge is -2.12. The summed E-state index contributed by atoms with van der Waals surface area (Å²) < 4.78 is 5.35. The molecule has 0 saturated heterocycles. The summed E-state index contributed by atoms with van der Waals surface area (Å²) >= 11 is 2.76. The molecule has 10 heteroatoms. The number of aromatic nitrogens is 1. The van der Waals surface area contributed by atoms with Crippen LogP contribution in [0.4, 0.5) is 10.8 Å². The Bertz CT molecular complexity index is 1720. The van der Waals surface area contributed by atoms with Crippen molar-refractivity contribution in [2.24, 2.45) is 0 Å². The average molecular weight is 595 g/mol. The normalized spacial score (nSPS) is 11.1. The molecule has 3 aromatic carbocycles. The first-order valence-corrected chi connectivity index (χ1v) is 14.7. The molecule has 0 radical (unpaired) electrons. The number of hydrogen-bond donors (Lipinski definition) is 3. The van der Waals surface area contributed by atoms with E-state index in [9.17, 15) is 14.4 Å². The summed E-state index contributed by atoms with van der Waals surface area (Å²) in [5.41, 5.74) is 2.79. The number of hydrogen-bond acceptors (Lipinski definition) is 7. The second-order valence-electron chi connectivity index (χ2n) is 9.00. The highest BCUT2D eigenvalue weighted by atomic mass is 32.2. The van der Waals surface area contributed by atoms with Gasteiger partial charge in [-0.05, 0) is 49.4 Å². The van der Waals surface area contributed by atoms with Crippen LogP contribution < -0.4 is 16.0 Å². The van der Waals surface area contributed by atoms with E-state index in [0.717, 1.165) is 21.0 Å². The first-order chi connectivity index (χ1) is 20.4. The number of furan rings is 1. The van der Waals surface area contributed by atoms with Crippen LogP contribution in [0.5, 0.6) is 0 Å². The molecule has 0 fully saturated rings. The van der Waals surface area contributed by atoms with Gasteiger partial charge < -0.3 is 20.4 Å². The fraction of sp³-hybridized carbons (Fsp3) is 0.0625. The number of nitrogens with one attached hydrogen (secondary N) is 3. The van der Waals surface area contributed by atoms with Crippen LogP contribution in [0.3, 0.4) is 0 Å². The predicted molar refractivity (Wildman–Crippen MR) is 167 cm³/mol. The van der Waals surface area contributed by atoms with Crippen LogP contribution >= 0.6 is 23.1 Å². The quantitative estimate of drug-likeness (QED) is 0.120. The third-order valence-electron chi connectivity index (χ3n) is 5.91. The summed E-state index contributed by atoms with van der Waals surface area (Å²) in [6.07, 6.45) is 2.94. The molecule has 42 heavy (non-hydrogen) atoms. The molecule has 0 saturated carbocycles. The zero-order chi connectivity index (χ0) is 29.3. The van der Waals surface area contributed by atoms with E-state index in [0.29, 0.717) is 22.1 Å². The number of nitrogens with zero attached hydrogens (tertiary/aromatic N) is 1. The molecule has 0 aliphatic heterocycles. The molecule has 2 heterocycles. The van der Waals surface area contributed by atoms with E-state index in [2.05, 4.69) is 20.9 Å². The molecule has 8 nitrogen and oxygen atoms in total. The summed E-state index contributed by atoms with van der Waals surface area (Å²) in [7, 11) is 0. The van der Waals surface area contributed by atoms with E-state index in [-0.39, 0.29) is 17.4 Å². The number of aryl methyl sites for hydroxylation is 1. The molecule has 3 amide bonds. The topological polar surface area (TPSA) is 113 Å². The predicted octanol–water partition coefficient (Wildman–Crippen LogP) is 6.85. The summed E-state index contributed by atoms with van der Waals surface area (Å²) in [5, 5.41) is 8.92. The standard InChI is InChI=1S/C32H26N4O4S2/c1-21-29(22-10-4-2-5-11-22)36-32(42-21)35-28(37)20-41-26-16-8-14-24(18-26)33-31(39)27(19-25-15-9-17-40-25)34-30(38)23-12-6-3-7-13-23/h2-19H,20H2,1H3,(H,33,39)(H,34,38)(H,35,36,37)/b27-19-. The number of amides is 3. The lowest BCUT2D eigenvalue weighted by atomic mass is 10.1. The van der Waals surface area contributed by atoms with Crippen molar-refractivity contribution < 1.29 is 18.8 Å². The number of carbonyl (C=O) groups is 3. The Labute approximate surface area is 250 Å². The highest BCUT2D eigenvalue weighted by Gasteiger charge is 2.16. The van der Waals surface area contributed by atoms with E-state index in [4.69, 9.17) is 4.42 Å². The molecule has 0 atom stereocenters. The smallest absolute Gasteiger partial charge is 0.272 e. The van der Waals surface area contributed by atoms with E-state index in [1.807, 2.05) is 43.3 Å². The van der Waals surface area contributed by atoms with E-state index < -0.39 is 11.8 Å². The Balaban J connectivity index is 1.21.